The number of methoxy groups -OCH3 is 1. The quantitative estimate of drug-likeness (QED) is 0.625. The van der Waals surface area contributed by atoms with Crippen LogP contribution < -0.4 is 5.32 Å². The second-order valence-corrected chi connectivity index (χ2v) is 7.97. The van der Waals surface area contributed by atoms with Crippen LogP contribution in [0, 0.1) is 20.8 Å². The molecule has 1 amide bonds. The maximum atomic E-state index is 13.1. The molecule has 3 aromatic rings. The summed E-state index contributed by atoms with van der Waals surface area (Å²) in [5.74, 6) is -0.764. The van der Waals surface area contributed by atoms with E-state index in [1.807, 2.05) is 25.5 Å². The maximum Gasteiger partial charge on any atom is 0.340 e. The highest BCUT2D eigenvalue weighted by atomic mass is 32.1. The minimum absolute atomic E-state index is 0.291. The molecule has 0 aliphatic rings. The summed E-state index contributed by atoms with van der Waals surface area (Å²) in [5.41, 5.74) is 3.08. The van der Waals surface area contributed by atoms with Crippen LogP contribution in [-0.4, -0.2) is 33.8 Å². The van der Waals surface area contributed by atoms with Gasteiger partial charge in [-0.2, -0.15) is 5.10 Å². The van der Waals surface area contributed by atoms with Gasteiger partial charge in [-0.25, -0.2) is 14.5 Å². The van der Waals surface area contributed by atoms with Crippen LogP contribution in [0.3, 0.4) is 0 Å². The summed E-state index contributed by atoms with van der Waals surface area (Å²) in [6, 6.07) is 3.47. The van der Waals surface area contributed by atoms with Gasteiger partial charge in [-0.3, -0.25) is 4.79 Å². The van der Waals surface area contributed by atoms with Gasteiger partial charge in [0.1, 0.15) is 5.00 Å². The third-order valence-electron chi connectivity index (χ3n) is 4.46. The van der Waals surface area contributed by atoms with Gasteiger partial charge in [0.05, 0.1) is 29.3 Å². The van der Waals surface area contributed by atoms with E-state index < -0.39 is 5.97 Å². The number of hydrogen-bond acceptors (Lipinski definition) is 6. The zero-order chi connectivity index (χ0) is 20.4. The molecule has 0 saturated heterocycles. The summed E-state index contributed by atoms with van der Waals surface area (Å²) in [6.45, 7) is 8.50. The molecule has 3 aromatic heterocycles. The topological polar surface area (TPSA) is 86.1 Å². The number of nitrogens with zero attached hydrogens (tertiary/aromatic N) is 3. The first-order valence-corrected chi connectivity index (χ1v) is 10.0. The van der Waals surface area contributed by atoms with E-state index in [1.165, 1.54) is 18.4 Å². The number of amides is 1. The van der Waals surface area contributed by atoms with Crippen LogP contribution in [0.1, 0.15) is 56.7 Å². The zero-order valence-corrected chi connectivity index (χ0v) is 17.6. The maximum absolute atomic E-state index is 13.1. The number of aryl methyl sites for hydroxylation is 4. The summed E-state index contributed by atoms with van der Waals surface area (Å²) < 4.78 is 6.69. The van der Waals surface area contributed by atoms with Gasteiger partial charge in [-0.05, 0) is 39.3 Å². The molecule has 0 saturated carbocycles. The number of pyridine rings is 1. The van der Waals surface area contributed by atoms with E-state index in [2.05, 4.69) is 22.3 Å². The van der Waals surface area contributed by atoms with Crippen molar-refractivity contribution in [3.8, 4) is 0 Å². The molecule has 0 aromatic carbocycles. The van der Waals surface area contributed by atoms with Crippen molar-refractivity contribution in [1.29, 1.82) is 0 Å². The first-order valence-electron chi connectivity index (χ1n) is 9.20. The molecule has 3 rings (SSSR count). The summed E-state index contributed by atoms with van der Waals surface area (Å²) >= 11 is 1.34. The second-order valence-electron chi connectivity index (χ2n) is 6.72. The van der Waals surface area contributed by atoms with E-state index >= 15 is 0 Å². The van der Waals surface area contributed by atoms with Gasteiger partial charge in [0.15, 0.2) is 5.65 Å². The van der Waals surface area contributed by atoms with E-state index in [4.69, 9.17) is 4.74 Å². The fourth-order valence-electron chi connectivity index (χ4n) is 3.16. The summed E-state index contributed by atoms with van der Waals surface area (Å²) in [7, 11) is 1.32. The Morgan fingerprint density at radius 1 is 1.21 bits per heavy atom. The van der Waals surface area contributed by atoms with E-state index in [0.29, 0.717) is 21.8 Å². The largest absolute Gasteiger partial charge is 0.465 e. The molecule has 28 heavy (non-hydrogen) atoms. The monoisotopic (exact) mass is 400 g/mol. The molecule has 0 unspecified atom stereocenters. The molecular weight excluding hydrogens is 376 g/mol. The Bertz CT molecular complexity index is 1050. The first-order chi connectivity index (χ1) is 13.3. The van der Waals surface area contributed by atoms with Gasteiger partial charge in [0, 0.05) is 17.1 Å². The van der Waals surface area contributed by atoms with Gasteiger partial charge in [-0.1, -0.05) is 13.3 Å². The smallest absolute Gasteiger partial charge is 0.340 e. The Morgan fingerprint density at radius 2 is 1.96 bits per heavy atom. The number of carbonyl (C=O) groups is 2. The number of ether oxygens (including phenoxy) is 1. The minimum Gasteiger partial charge on any atom is -0.465 e. The van der Waals surface area contributed by atoms with Crippen molar-refractivity contribution >= 4 is 39.2 Å². The fraction of sp³-hybridized carbons (Fsp3) is 0.400. The predicted octanol–water partition coefficient (Wildman–Crippen LogP) is 4.26. The lowest BCUT2D eigenvalue weighted by Gasteiger charge is -2.08. The van der Waals surface area contributed by atoms with Gasteiger partial charge in [0.2, 0.25) is 0 Å². The lowest BCUT2D eigenvalue weighted by molar-refractivity contribution is 0.0602. The Kier molecular flexibility index (Phi) is 5.79. The number of aromatic nitrogens is 3. The molecule has 3 heterocycles. The predicted molar refractivity (Wildman–Crippen MR) is 110 cm³/mol. The van der Waals surface area contributed by atoms with Crippen LogP contribution >= 0.6 is 11.3 Å². The number of rotatable bonds is 6. The van der Waals surface area contributed by atoms with E-state index in [0.717, 1.165) is 41.0 Å². The third kappa shape index (κ3) is 3.77. The molecular formula is C20H24N4O3S. The van der Waals surface area contributed by atoms with Crippen molar-refractivity contribution in [2.45, 2.75) is 47.1 Å². The molecule has 8 heteroatoms. The summed E-state index contributed by atoms with van der Waals surface area (Å²) in [5, 5.41) is 8.68. The van der Waals surface area contributed by atoms with Crippen molar-refractivity contribution in [2.75, 3.05) is 12.4 Å². The molecule has 148 valence electrons. The van der Waals surface area contributed by atoms with Crippen LogP contribution in [0.25, 0.3) is 11.0 Å². The average Bonchev–Trinajstić information content (AvgIpc) is 3.18. The molecule has 7 nitrogen and oxygen atoms in total. The second kappa shape index (κ2) is 8.10. The Hall–Kier alpha value is -2.74. The number of unbranched alkanes of at least 4 members (excludes halogenated alkanes) is 1. The average molecular weight is 401 g/mol. The molecule has 0 atom stereocenters. The third-order valence-corrected chi connectivity index (χ3v) is 5.43. The van der Waals surface area contributed by atoms with Crippen molar-refractivity contribution < 1.29 is 14.3 Å². The molecule has 0 fully saturated rings. The SMILES string of the molecule is CCCCn1nc(C)c2c(C(=O)Nc3sc(C)cc3C(=O)OC)cc(C)nc21. The number of esters is 1. The van der Waals surface area contributed by atoms with Crippen molar-refractivity contribution in [3.05, 3.63) is 39.5 Å². The molecule has 0 radical (unpaired) electrons. The van der Waals surface area contributed by atoms with Gasteiger partial charge in [0.25, 0.3) is 5.91 Å². The Morgan fingerprint density at radius 3 is 2.64 bits per heavy atom. The minimum atomic E-state index is -0.473. The van der Waals surface area contributed by atoms with E-state index in [-0.39, 0.29) is 5.91 Å². The van der Waals surface area contributed by atoms with Gasteiger partial charge < -0.3 is 10.1 Å². The highest BCUT2D eigenvalue weighted by molar-refractivity contribution is 7.16. The van der Waals surface area contributed by atoms with Crippen LogP contribution in [0.5, 0.6) is 0 Å². The summed E-state index contributed by atoms with van der Waals surface area (Å²) in [4.78, 5) is 30.6. The van der Waals surface area contributed by atoms with Crippen molar-refractivity contribution in [1.82, 2.24) is 14.8 Å². The molecule has 0 aliphatic heterocycles. The fourth-order valence-corrected chi connectivity index (χ4v) is 4.06. The number of hydrogen-bond donors (Lipinski definition) is 1. The van der Waals surface area contributed by atoms with Crippen LogP contribution in [0.15, 0.2) is 12.1 Å². The number of anilines is 1. The number of fused-ring (bicyclic) bond motifs is 1. The normalized spacial score (nSPS) is 11.0. The lowest BCUT2D eigenvalue weighted by atomic mass is 10.1. The Labute approximate surface area is 167 Å². The first kappa shape index (κ1) is 20.0. The molecule has 1 N–H and O–H groups in total. The standard InChI is InChI=1S/C20H24N4O3S/c1-6-7-8-24-17-16(13(4)23-24)14(9-11(2)21-17)18(25)22-19-15(20(26)27-5)10-12(3)28-19/h9-10H,6-8H2,1-5H3,(H,22,25). The van der Waals surface area contributed by atoms with E-state index in [1.54, 1.807) is 12.1 Å². The van der Waals surface area contributed by atoms with E-state index in [9.17, 15) is 9.59 Å². The molecule has 0 bridgehead atoms. The number of nitrogens with one attached hydrogen (secondary N) is 1. The van der Waals surface area contributed by atoms with Crippen molar-refractivity contribution in [2.24, 2.45) is 0 Å². The van der Waals surface area contributed by atoms with Crippen LogP contribution in [0.4, 0.5) is 5.00 Å². The number of thiophene rings is 1. The van der Waals surface area contributed by atoms with Crippen molar-refractivity contribution in [3.63, 3.8) is 0 Å². The molecule has 0 spiro atoms. The van der Waals surface area contributed by atoms with Crippen LogP contribution in [0.2, 0.25) is 0 Å². The van der Waals surface area contributed by atoms with Gasteiger partial charge >= 0.3 is 5.97 Å². The zero-order valence-electron chi connectivity index (χ0n) is 16.8. The highest BCUT2D eigenvalue weighted by Gasteiger charge is 2.22. The Balaban J connectivity index is 2.03. The molecule has 0 aliphatic carbocycles. The highest BCUT2D eigenvalue weighted by Crippen LogP contribution is 2.30. The van der Waals surface area contributed by atoms with Gasteiger partial charge in [-0.15, -0.1) is 11.3 Å². The van der Waals surface area contributed by atoms with Crippen LogP contribution in [-0.2, 0) is 11.3 Å². The number of carbonyl (C=O) groups excluding carboxylic acids is 2. The summed E-state index contributed by atoms with van der Waals surface area (Å²) in [6.07, 6.45) is 2.04. The lowest BCUT2D eigenvalue weighted by Crippen LogP contribution is -2.15.